The van der Waals surface area contributed by atoms with Crippen LogP contribution in [0.4, 0.5) is 0 Å². The minimum absolute atomic E-state index is 0.0206. The van der Waals surface area contributed by atoms with E-state index in [4.69, 9.17) is 9.15 Å². The molecule has 7 nitrogen and oxygen atoms in total. The van der Waals surface area contributed by atoms with E-state index in [1.165, 1.54) is 0 Å². The Bertz CT molecular complexity index is 557. The Balaban J connectivity index is 1.97. The molecular formula is C18H32N4O3. The summed E-state index contributed by atoms with van der Waals surface area (Å²) >= 11 is 0. The molecule has 0 saturated carbocycles. The first kappa shape index (κ1) is 19.7. The van der Waals surface area contributed by atoms with Crippen LogP contribution in [0, 0.1) is 5.41 Å². The molecule has 2 rings (SSSR count). The number of hydrogen-bond acceptors (Lipinski definition) is 5. The van der Waals surface area contributed by atoms with E-state index in [-0.39, 0.29) is 17.4 Å². The number of aliphatic hydroxyl groups is 1. The summed E-state index contributed by atoms with van der Waals surface area (Å²) in [5, 5.41) is 15.9. The first-order valence-electron chi connectivity index (χ1n) is 9.04. The lowest BCUT2D eigenvalue weighted by molar-refractivity contribution is 0.127. The van der Waals surface area contributed by atoms with Gasteiger partial charge in [-0.2, -0.15) is 0 Å². The Labute approximate surface area is 150 Å². The van der Waals surface area contributed by atoms with Crippen LogP contribution in [-0.4, -0.2) is 49.0 Å². The molecule has 0 aromatic carbocycles. The second kappa shape index (κ2) is 8.67. The number of hydrogen-bond donors (Lipinski definition) is 3. The molecule has 142 valence electrons. The fourth-order valence-electron chi connectivity index (χ4n) is 2.80. The van der Waals surface area contributed by atoms with Crippen LogP contribution in [0.25, 0.3) is 0 Å². The molecule has 0 radical (unpaired) electrons. The molecule has 2 heterocycles. The van der Waals surface area contributed by atoms with Gasteiger partial charge in [-0.3, -0.25) is 0 Å². The van der Waals surface area contributed by atoms with Crippen LogP contribution in [0.3, 0.4) is 0 Å². The van der Waals surface area contributed by atoms with Crippen molar-refractivity contribution in [1.29, 1.82) is 0 Å². The summed E-state index contributed by atoms with van der Waals surface area (Å²) in [4.78, 5) is 8.88. The molecule has 0 spiro atoms. The molecule has 7 heteroatoms. The van der Waals surface area contributed by atoms with Gasteiger partial charge in [-0.05, 0) is 19.8 Å². The van der Waals surface area contributed by atoms with E-state index in [2.05, 4.69) is 41.4 Å². The molecule has 1 aliphatic rings. The molecule has 0 aliphatic carbocycles. The summed E-state index contributed by atoms with van der Waals surface area (Å²) in [5.74, 6) is 2.19. The number of nitrogens with zero attached hydrogens (tertiary/aromatic N) is 2. The molecule has 1 aromatic heterocycles. The summed E-state index contributed by atoms with van der Waals surface area (Å²) in [6, 6.07) is 0. The Morgan fingerprint density at radius 1 is 1.40 bits per heavy atom. The Hall–Kier alpha value is -1.60. The quantitative estimate of drug-likeness (QED) is 0.512. The first-order chi connectivity index (χ1) is 11.9. The van der Waals surface area contributed by atoms with Crippen LogP contribution in [0.5, 0.6) is 0 Å². The largest absolute Gasteiger partial charge is 0.443 e. The van der Waals surface area contributed by atoms with Crippen molar-refractivity contribution in [2.24, 2.45) is 10.4 Å². The van der Waals surface area contributed by atoms with Crippen LogP contribution in [0.1, 0.15) is 52.2 Å². The molecule has 0 amide bonds. The zero-order valence-corrected chi connectivity index (χ0v) is 15.9. The predicted octanol–water partition coefficient (Wildman–Crippen LogP) is 1.82. The van der Waals surface area contributed by atoms with Crippen molar-refractivity contribution in [2.45, 2.75) is 52.5 Å². The van der Waals surface area contributed by atoms with E-state index < -0.39 is 0 Å². The van der Waals surface area contributed by atoms with Crippen molar-refractivity contribution in [1.82, 2.24) is 15.6 Å². The first-order valence-corrected chi connectivity index (χ1v) is 9.04. The van der Waals surface area contributed by atoms with Gasteiger partial charge >= 0.3 is 0 Å². The van der Waals surface area contributed by atoms with Gasteiger partial charge in [-0.1, -0.05) is 20.8 Å². The van der Waals surface area contributed by atoms with Gasteiger partial charge in [-0.15, -0.1) is 0 Å². The summed E-state index contributed by atoms with van der Waals surface area (Å²) in [5.41, 5.74) is -0.0792. The van der Waals surface area contributed by atoms with E-state index in [1.807, 2.05) is 6.92 Å². The van der Waals surface area contributed by atoms with Gasteiger partial charge in [-0.25, -0.2) is 9.98 Å². The molecule has 3 N–H and O–H groups in total. The average molecular weight is 352 g/mol. The summed E-state index contributed by atoms with van der Waals surface area (Å²) in [7, 11) is 0. The smallest absolute Gasteiger partial charge is 0.216 e. The van der Waals surface area contributed by atoms with E-state index >= 15 is 0 Å². The van der Waals surface area contributed by atoms with Crippen molar-refractivity contribution in [2.75, 3.05) is 32.9 Å². The number of oxazole rings is 1. The maximum Gasteiger partial charge on any atom is 0.216 e. The van der Waals surface area contributed by atoms with Gasteiger partial charge < -0.3 is 24.9 Å². The van der Waals surface area contributed by atoms with Crippen LogP contribution in [-0.2, 0) is 16.7 Å². The second-order valence-electron chi connectivity index (χ2n) is 7.69. The summed E-state index contributed by atoms with van der Waals surface area (Å²) in [6.45, 7) is 11.8. The standard InChI is InChI=1S/C18H32N4O3/c1-5-19-16(22-12-18(6-8-23)7-9-24-13-18)21-11-15-20-10-14(25-15)17(2,3)4/h10,23H,5-9,11-13H2,1-4H3,(H2,19,21,22). The van der Waals surface area contributed by atoms with Crippen LogP contribution in [0.2, 0.25) is 0 Å². The van der Waals surface area contributed by atoms with Gasteiger partial charge in [0.25, 0.3) is 0 Å². The van der Waals surface area contributed by atoms with Crippen LogP contribution in [0.15, 0.2) is 15.6 Å². The molecular weight excluding hydrogens is 320 g/mol. The molecule has 1 atom stereocenters. The van der Waals surface area contributed by atoms with Crippen molar-refractivity contribution in [3.8, 4) is 0 Å². The molecule has 1 saturated heterocycles. The lowest BCUT2D eigenvalue weighted by Gasteiger charge is -2.27. The number of nitrogens with one attached hydrogen (secondary N) is 2. The number of aliphatic imine (C=N–C) groups is 1. The normalized spacial score (nSPS) is 21.6. The van der Waals surface area contributed by atoms with Gasteiger partial charge in [0.05, 0.1) is 12.8 Å². The minimum atomic E-state index is -0.0587. The summed E-state index contributed by atoms with van der Waals surface area (Å²) < 4.78 is 11.3. The fourth-order valence-corrected chi connectivity index (χ4v) is 2.80. The monoisotopic (exact) mass is 352 g/mol. The van der Waals surface area contributed by atoms with Gasteiger partial charge in [0.15, 0.2) is 5.96 Å². The maximum atomic E-state index is 9.33. The third-order valence-corrected chi connectivity index (χ3v) is 4.47. The average Bonchev–Trinajstić information content (AvgIpc) is 3.20. The van der Waals surface area contributed by atoms with Gasteiger partial charge in [0, 0.05) is 37.1 Å². The Morgan fingerprint density at radius 3 is 2.76 bits per heavy atom. The molecule has 1 aliphatic heterocycles. The van der Waals surface area contributed by atoms with E-state index in [0.717, 1.165) is 44.3 Å². The van der Waals surface area contributed by atoms with Crippen molar-refractivity contribution in [3.05, 3.63) is 17.8 Å². The lowest BCUT2D eigenvalue weighted by Crippen LogP contribution is -2.44. The third kappa shape index (κ3) is 5.71. The maximum absolute atomic E-state index is 9.33. The zero-order chi connectivity index (χ0) is 18.3. The highest BCUT2D eigenvalue weighted by Crippen LogP contribution is 2.31. The van der Waals surface area contributed by atoms with E-state index in [1.54, 1.807) is 6.20 Å². The Morgan fingerprint density at radius 2 is 2.20 bits per heavy atom. The Kier molecular flexibility index (Phi) is 6.84. The van der Waals surface area contributed by atoms with Gasteiger partial charge in [0.1, 0.15) is 12.3 Å². The molecule has 1 aromatic rings. The molecule has 0 bridgehead atoms. The highest BCUT2D eigenvalue weighted by atomic mass is 16.5. The highest BCUT2D eigenvalue weighted by Gasteiger charge is 2.34. The van der Waals surface area contributed by atoms with Crippen molar-refractivity contribution < 1.29 is 14.3 Å². The van der Waals surface area contributed by atoms with Crippen LogP contribution < -0.4 is 10.6 Å². The number of rotatable bonds is 7. The molecule has 1 fully saturated rings. The van der Waals surface area contributed by atoms with Crippen molar-refractivity contribution >= 4 is 5.96 Å². The highest BCUT2D eigenvalue weighted by molar-refractivity contribution is 5.79. The molecule has 25 heavy (non-hydrogen) atoms. The summed E-state index contributed by atoms with van der Waals surface area (Å²) in [6.07, 6.45) is 3.46. The predicted molar refractivity (Wildman–Crippen MR) is 97.6 cm³/mol. The topological polar surface area (TPSA) is 91.9 Å². The van der Waals surface area contributed by atoms with Gasteiger partial charge in [0.2, 0.25) is 5.89 Å². The number of aromatic nitrogens is 1. The number of guanidine groups is 1. The fraction of sp³-hybridized carbons (Fsp3) is 0.778. The lowest BCUT2D eigenvalue weighted by atomic mass is 9.84. The minimum Gasteiger partial charge on any atom is -0.443 e. The number of ether oxygens (including phenoxy) is 1. The number of aliphatic hydroxyl groups excluding tert-OH is 1. The van der Waals surface area contributed by atoms with Crippen LogP contribution >= 0.6 is 0 Å². The second-order valence-corrected chi connectivity index (χ2v) is 7.69. The van der Waals surface area contributed by atoms with E-state index in [0.29, 0.717) is 19.0 Å². The zero-order valence-electron chi connectivity index (χ0n) is 15.9. The third-order valence-electron chi connectivity index (χ3n) is 4.47. The van der Waals surface area contributed by atoms with Crippen molar-refractivity contribution in [3.63, 3.8) is 0 Å². The van der Waals surface area contributed by atoms with E-state index in [9.17, 15) is 5.11 Å². The SMILES string of the molecule is CCNC(=NCc1ncc(C(C)(C)C)o1)NCC1(CCO)CCOC1. The molecule has 1 unspecified atom stereocenters.